The van der Waals surface area contributed by atoms with Crippen LogP contribution in [0.5, 0.6) is 0 Å². The summed E-state index contributed by atoms with van der Waals surface area (Å²) in [5.74, 6) is 0.951. The van der Waals surface area contributed by atoms with Crippen molar-refractivity contribution in [3.63, 3.8) is 0 Å². The van der Waals surface area contributed by atoms with Crippen molar-refractivity contribution in [1.29, 1.82) is 0 Å². The summed E-state index contributed by atoms with van der Waals surface area (Å²) in [7, 11) is 0. The Morgan fingerprint density at radius 3 is 2.77 bits per heavy atom. The minimum atomic E-state index is -0.586. The number of hydrogen-bond acceptors (Lipinski definition) is 6. The van der Waals surface area contributed by atoms with E-state index in [1.54, 1.807) is 4.68 Å². The van der Waals surface area contributed by atoms with Gasteiger partial charge in [0.05, 0.1) is 24.5 Å². The van der Waals surface area contributed by atoms with Crippen LogP contribution in [0.3, 0.4) is 0 Å². The molecule has 0 saturated carbocycles. The summed E-state index contributed by atoms with van der Waals surface area (Å²) in [5.41, 5.74) is 4.81. The number of hydrogen-bond donors (Lipinski definition) is 1. The molecule has 1 aliphatic carbocycles. The van der Waals surface area contributed by atoms with Crippen LogP contribution in [0.4, 0.5) is 0 Å². The van der Waals surface area contributed by atoms with E-state index in [4.69, 9.17) is 4.74 Å². The van der Waals surface area contributed by atoms with E-state index in [9.17, 15) is 5.11 Å². The van der Waals surface area contributed by atoms with Crippen molar-refractivity contribution in [1.82, 2.24) is 20.2 Å². The minimum absolute atomic E-state index is 0.0689. The van der Waals surface area contributed by atoms with Gasteiger partial charge < -0.3 is 9.84 Å². The quantitative estimate of drug-likeness (QED) is 0.543. The molecule has 30 heavy (non-hydrogen) atoms. The van der Waals surface area contributed by atoms with Gasteiger partial charge in [-0.25, -0.2) is 0 Å². The zero-order valence-corrected chi connectivity index (χ0v) is 18.3. The Morgan fingerprint density at radius 2 is 1.97 bits per heavy atom. The molecule has 0 unspecified atom stereocenters. The van der Waals surface area contributed by atoms with Crippen LogP contribution in [0.2, 0.25) is 0 Å². The van der Waals surface area contributed by atoms with Gasteiger partial charge in [-0.1, -0.05) is 62.0 Å². The highest BCUT2D eigenvalue weighted by atomic mass is 32.2. The van der Waals surface area contributed by atoms with Crippen molar-refractivity contribution in [3.05, 3.63) is 65.2 Å². The first kappa shape index (κ1) is 21.0. The first-order chi connectivity index (χ1) is 14.6. The predicted octanol–water partition coefficient (Wildman–Crippen LogP) is 4.33. The Morgan fingerprint density at radius 1 is 1.17 bits per heavy atom. The van der Waals surface area contributed by atoms with E-state index < -0.39 is 6.10 Å². The van der Waals surface area contributed by atoms with E-state index in [0.29, 0.717) is 23.4 Å². The number of rotatable bonds is 8. The van der Waals surface area contributed by atoms with Gasteiger partial charge in [0, 0.05) is 5.75 Å². The maximum absolute atomic E-state index is 10.5. The largest absolute Gasteiger partial charge is 0.390 e. The smallest absolute Gasteiger partial charge is 0.214 e. The number of ether oxygens (including phenoxy) is 1. The first-order valence-corrected chi connectivity index (χ1v) is 11.5. The van der Waals surface area contributed by atoms with Crippen molar-refractivity contribution in [3.8, 4) is 5.69 Å². The topological polar surface area (TPSA) is 73.1 Å². The third kappa shape index (κ3) is 4.91. The van der Waals surface area contributed by atoms with Gasteiger partial charge >= 0.3 is 0 Å². The van der Waals surface area contributed by atoms with Crippen LogP contribution in [0.25, 0.3) is 5.69 Å². The van der Waals surface area contributed by atoms with Crippen LogP contribution < -0.4 is 0 Å². The van der Waals surface area contributed by atoms with Crippen molar-refractivity contribution in [2.24, 2.45) is 0 Å². The minimum Gasteiger partial charge on any atom is -0.390 e. The van der Waals surface area contributed by atoms with Crippen LogP contribution in [-0.4, -0.2) is 43.8 Å². The van der Waals surface area contributed by atoms with E-state index >= 15 is 0 Å². The van der Waals surface area contributed by atoms with Gasteiger partial charge in [-0.15, -0.1) is 5.10 Å². The summed E-state index contributed by atoms with van der Waals surface area (Å²) in [6.45, 7) is 4.64. The van der Waals surface area contributed by atoms with Crippen LogP contribution in [0.1, 0.15) is 55.4 Å². The number of benzene rings is 2. The van der Waals surface area contributed by atoms with Crippen molar-refractivity contribution < 1.29 is 9.84 Å². The molecule has 1 aromatic heterocycles. The number of aromatic nitrogens is 4. The molecule has 4 rings (SSSR count). The number of nitrogens with zero attached hydrogens (tertiary/aromatic N) is 4. The Balaban J connectivity index is 1.32. The van der Waals surface area contributed by atoms with E-state index in [0.717, 1.165) is 24.9 Å². The van der Waals surface area contributed by atoms with Crippen LogP contribution in [-0.2, 0) is 11.2 Å². The third-order valence-corrected chi connectivity index (χ3v) is 6.52. The molecule has 0 bridgehead atoms. The number of aliphatic hydroxyl groups excluding tert-OH is 1. The molecule has 0 aliphatic heterocycles. The number of aliphatic hydroxyl groups is 1. The second-order valence-corrected chi connectivity index (χ2v) is 8.98. The highest BCUT2D eigenvalue weighted by Crippen LogP contribution is 2.32. The lowest BCUT2D eigenvalue weighted by molar-refractivity contribution is -0.00960. The standard InChI is InChI=1S/C23H28N4O2S/c1-16(2)17-10-12-19(13-11-17)27-23(24-25-26-27)30-15-20(28)14-29-22-9-5-7-18-6-3-4-8-21(18)22/h3-4,6,8,10-13,16,20,22,28H,5,7,9,14-15H2,1-2H3/t20-,22+/m0/s1. The summed E-state index contributed by atoms with van der Waals surface area (Å²) in [5, 5.41) is 23.2. The summed E-state index contributed by atoms with van der Waals surface area (Å²) in [6, 6.07) is 16.7. The Hall–Kier alpha value is -2.22. The van der Waals surface area contributed by atoms with Gasteiger partial charge in [-0.2, -0.15) is 4.68 Å². The van der Waals surface area contributed by atoms with Crippen molar-refractivity contribution >= 4 is 11.8 Å². The van der Waals surface area contributed by atoms with E-state index in [-0.39, 0.29) is 6.10 Å². The van der Waals surface area contributed by atoms with Gasteiger partial charge in [-0.3, -0.25) is 0 Å². The lowest BCUT2D eigenvalue weighted by Crippen LogP contribution is -2.22. The van der Waals surface area contributed by atoms with Crippen molar-refractivity contribution in [2.75, 3.05) is 12.4 Å². The monoisotopic (exact) mass is 424 g/mol. The average Bonchev–Trinajstić information content (AvgIpc) is 3.25. The molecular formula is C23H28N4O2S. The lowest BCUT2D eigenvalue weighted by atomic mass is 9.89. The van der Waals surface area contributed by atoms with Gasteiger partial charge in [0.2, 0.25) is 5.16 Å². The second kappa shape index (κ2) is 9.73. The molecule has 0 amide bonds. The van der Waals surface area contributed by atoms with Crippen LogP contribution in [0, 0.1) is 0 Å². The molecule has 2 atom stereocenters. The summed E-state index contributed by atoms with van der Waals surface area (Å²) in [4.78, 5) is 0. The van der Waals surface area contributed by atoms with E-state index in [1.165, 1.54) is 28.5 Å². The summed E-state index contributed by atoms with van der Waals surface area (Å²) >= 11 is 1.44. The van der Waals surface area contributed by atoms with E-state index in [1.807, 2.05) is 12.1 Å². The zero-order chi connectivity index (χ0) is 20.9. The fraction of sp³-hybridized carbons (Fsp3) is 0.435. The molecule has 0 radical (unpaired) electrons. The van der Waals surface area contributed by atoms with Crippen LogP contribution in [0.15, 0.2) is 53.7 Å². The van der Waals surface area contributed by atoms with Gasteiger partial charge in [0.25, 0.3) is 0 Å². The highest BCUT2D eigenvalue weighted by Gasteiger charge is 2.21. The Bertz CT molecular complexity index is 958. The predicted molar refractivity (Wildman–Crippen MR) is 118 cm³/mol. The number of fused-ring (bicyclic) bond motifs is 1. The molecule has 0 saturated heterocycles. The molecule has 7 heteroatoms. The maximum atomic E-state index is 10.5. The molecule has 2 aromatic carbocycles. The molecule has 0 fully saturated rings. The SMILES string of the molecule is CC(C)c1ccc(-n2nnnc2SC[C@@H](O)CO[C@@H]2CCCc3ccccc32)cc1. The van der Waals surface area contributed by atoms with E-state index in [2.05, 4.69) is 65.8 Å². The molecule has 3 aromatic rings. The highest BCUT2D eigenvalue weighted by molar-refractivity contribution is 7.99. The molecule has 1 heterocycles. The third-order valence-electron chi connectivity index (χ3n) is 5.45. The molecule has 1 N–H and O–H groups in total. The fourth-order valence-corrected chi connectivity index (χ4v) is 4.56. The molecule has 1 aliphatic rings. The number of thioether (sulfide) groups is 1. The second-order valence-electron chi connectivity index (χ2n) is 8.00. The molecule has 0 spiro atoms. The molecule has 6 nitrogen and oxygen atoms in total. The van der Waals surface area contributed by atoms with Crippen LogP contribution >= 0.6 is 11.8 Å². The number of aryl methyl sites for hydroxylation is 1. The summed E-state index contributed by atoms with van der Waals surface area (Å²) in [6.07, 6.45) is 2.71. The first-order valence-electron chi connectivity index (χ1n) is 10.5. The number of tetrazole rings is 1. The zero-order valence-electron chi connectivity index (χ0n) is 17.4. The average molecular weight is 425 g/mol. The normalized spacial score (nSPS) is 17.1. The Kier molecular flexibility index (Phi) is 6.82. The Labute approximate surface area is 181 Å². The van der Waals surface area contributed by atoms with Gasteiger partial charge in [-0.05, 0) is 64.4 Å². The van der Waals surface area contributed by atoms with Crippen molar-refractivity contribution in [2.45, 2.75) is 56.4 Å². The molecular weight excluding hydrogens is 396 g/mol. The molecule has 158 valence electrons. The fourth-order valence-electron chi connectivity index (χ4n) is 3.76. The maximum Gasteiger partial charge on any atom is 0.214 e. The lowest BCUT2D eigenvalue weighted by Gasteiger charge is -2.26. The van der Waals surface area contributed by atoms with Gasteiger partial charge in [0.15, 0.2) is 0 Å². The van der Waals surface area contributed by atoms with Gasteiger partial charge in [0.1, 0.15) is 0 Å². The summed E-state index contributed by atoms with van der Waals surface area (Å²) < 4.78 is 7.78.